The summed E-state index contributed by atoms with van der Waals surface area (Å²) in [5, 5.41) is 59.3. The van der Waals surface area contributed by atoms with Gasteiger partial charge >= 0.3 is 0 Å². The van der Waals surface area contributed by atoms with E-state index >= 15 is 0 Å². The van der Waals surface area contributed by atoms with Crippen LogP contribution in [0.15, 0.2) is 12.1 Å². The third-order valence-electron chi connectivity index (χ3n) is 9.11. The number of carbonyl (C=O) groups is 2. The van der Waals surface area contributed by atoms with Gasteiger partial charge in [0.25, 0.3) is 0 Å². The van der Waals surface area contributed by atoms with Crippen molar-refractivity contribution in [1.29, 1.82) is 0 Å². The SMILES string of the molecule is COCCNC1CC(C)(O)Cc2cc3c(c(O)c21)C(=O)c1c(O)cc2c(c1C3=O)OC1OC2(C)C(O)C(N(C)C)C1O. The van der Waals surface area contributed by atoms with Crippen molar-refractivity contribution in [3.8, 4) is 17.2 Å². The Morgan fingerprint density at radius 3 is 2.48 bits per heavy atom. The first-order valence-corrected chi connectivity index (χ1v) is 13.9. The summed E-state index contributed by atoms with van der Waals surface area (Å²) in [4.78, 5) is 29.8. The van der Waals surface area contributed by atoms with Gasteiger partial charge < -0.3 is 50.0 Å². The van der Waals surface area contributed by atoms with Crippen LogP contribution in [0, 0.1) is 0 Å². The van der Waals surface area contributed by atoms with Gasteiger partial charge in [-0.1, -0.05) is 0 Å². The van der Waals surface area contributed by atoms with Gasteiger partial charge in [0.2, 0.25) is 12.1 Å². The Morgan fingerprint density at radius 1 is 1.10 bits per heavy atom. The summed E-state index contributed by atoms with van der Waals surface area (Å²) in [6.45, 7) is 4.04. The summed E-state index contributed by atoms with van der Waals surface area (Å²) >= 11 is 0. The highest BCUT2D eigenvalue weighted by molar-refractivity contribution is 6.31. The standard InChI is InChI=1S/C30H36N2O10/c1-29(39)10-12-8-13-18(23(35)17(12)15(11-29)31-6-7-40-5)24(36)19-16(33)9-14-26(20(19)22(13)34)41-28-25(37)21(32(3)4)27(38)30(14,2)42-28/h8-9,15,21,25,27-28,31,33,35,37-39H,6-7,10-11H2,1-5H3. The molecule has 6 N–H and O–H groups in total. The van der Waals surface area contributed by atoms with E-state index in [0.717, 1.165) is 0 Å². The van der Waals surface area contributed by atoms with Crippen molar-refractivity contribution in [2.24, 2.45) is 0 Å². The van der Waals surface area contributed by atoms with E-state index in [4.69, 9.17) is 14.2 Å². The van der Waals surface area contributed by atoms with Gasteiger partial charge in [0.15, 0.2) is 5.78 Å². The van der Waals surface area contributed by atoms with Gasteiger partial charge in [-0.25, -0.2) is 0 Å². The first kappa shape index (κ1) is 29.0. The monoisotopic (exact) mass is 584 g/mol. The Morgan fingerprint density at radius 2 is 1.81 bits per heavy atom. The van der Waals surface area contributed by atoms with Crippen molar-refractivity contribution < 1.29 is 49.3 Å². The first-order valence-electron chi connectivity index (χ1n) is 13.9. The number of aromatic hydroxyl groups is 2. The third-order valence-corrected chi connectivity index (χ3v) is 9.11. The molecule has 7 atom stereocenters. The van der Waals surface area contributed by atoms with Crippen LogP contribution in [-0.2, 0) is 21.5 Å². The second kappa shape index (κ2) is 9.71. The van der Waals surface area contributed by atoms with Crippen LogP contribution in [0.1, 0.15) is 74.8 Å². The lowest BCUT2D eigenvalue weighted by atomic mass is 9.72. The largest absolute Gasteiger partial charge is 0.507 e. The molecule has 0 aromatic heterocycles. The molecule has 0 radical (unpaired) electrons. The highest BCUT2D eigenvalue weighted by atomic mass is 16.7. The second-order valence-electron chi connectivity index (χ2n) is 12.4. The molecule has 226 valence electrons. The number of methoxy groups -OCH3 is 1. The summed E-state index contributed by atoms with van der Waals surface area (Å²) in [6.07, 6.45) is -3.49. The highest BCUT2D eigenvalue weighted by Crippen LogP contribution is 2.54. The van der Waals surface area contributed by atoms with Crippen molar-refractivity contribution in [3.63, 3.8) is 0 Å². The van der Waals surface area contributed by atoms with Crippen molar-refractivity contribution in [3.05, 3.63) is 51.1 Å². The van der Waals surface area contributed by atoms with Crippen LogP contribution in [0.25, 0.3) is 0 Å². The molecular weight excluding hydrogens is 548 g/mol. The number of nitrogens with zero attached hydrogens (tertiary/aromatic N) is 1. The van der Waals surface area contributed by atoms with Gasteiger partial charge in [-0.05, 0) is 52.1 Å². The zero-order chi connectivity index (χ0) is 30.5. The van der Waals surface area contributed by atoms with Gasteiger partial charge in [0, 0.05) is 42.8 Å². The fourth-order valence-electron chi connectivity index (χ4n) is 7.14. The molecule has 2 aromatic carbocycles. The summed E-state index contributed by atoms with van der Waals surface area (Å²) in [6, 6.07) is 1.42. The minimum atomic E-state index is -1.50. The lowest BCUT2D eigenvalue weighted by molar-refractivity contribution is -0.311. The molecule has 2 aliphatic carbocycles. The van der Waals surface area contributed by atoms with Crippen LogP contribution in [0.2, 0.25) is 0 Å². The average molecular weight is 585 g/mol. The van der Waals surface area contributed by atoms with Crippen LogP contribution in [0.4, 0.5) is 0 Å². The van der Waals surface area contributed by atoms with Crippen LogP contribution in [-0.4, -0.2) is 106 Å². The minimum Gasteiger partial charge on any atom is -0.507 e. The molecule has 2 heterocycles. The maximum Gasteiger partial charge on any atom is 0.228 e. The zero-order valence-corrected chi connectivity index (χ0v) is 24.1. The highest BCUT2D eigenvalue weighted by Gasteiger charge is 2.59. The number of nitrogens with one attached hydrogen (secondary N) is 1. The summed E-state index contributed by atoms with van der Waals surface area (Å²) in [5.41, 5.74) is -2.51. The molecule has 4 aliphatic rings. The Balaban J connectivity index is 1.53. The fraction of sp³-hybridized carbons (Fsp3) is 0.533. The maximum atomic E-state index is 14.2. The minimum absolute atomic E-state index is 0.0795. The molecule has 2 bridgehead atoms. The third kappa shape index (κ3) is 4.01. The van der Waals surface area contributed by atoms with E-state index in [1.807, 2.05) is 0 Å². The van der Waals surface area contributed by atoms with E-state index in [-0.39, 0.29) is 52.2 Å². The van der Waals surface area contributed by atoms with E-state index in [1.54, 1.807) is 40.0 Å². The van der Waals surface area contributed by atoms with Gasteiger partial charge in [-0.15, -0.1) is 0 Å². The summed E-state index contributed by atoms with van der Waals surface area (Å²) in [7, 11) is 4.93. The molecule has 0 saturated carbocycles. The van der Waals surface area contributed by atoms with E-state index in [0.29, 0.717) is 24.3 Å². The quantitative estimate of drug-likeness (QED) is 0.229. The number of ketones is 2. The van der Waals surface area contributed by atoms with Crippen LogP contribution < -0.4 is 10.1 Å². The van der Waals surface area contributed by atoms with E-state index in [1.165, 1.54) is 12.1 Å². The molecule has 42 heavy (non-hydrogen) atoms. The first-order chi connectivity index (χ1) is 19.7. The fourth-order valence-corrected chi connectivity index (χ4v) is 7.14. The van der Waals surface area contributed by atoms with Crippen molar-refractivity contribution in [2.45, 2.75) is 68.5 Å². The van der Waals surface area contributed by atoms with Gasteiger partial charge in [-0.2, -0.15) is 0 Å². The molecule has 6 rings (SSSR count). The Hall–Kier alpha value is -3.10. The number of phenolic OH excluding ortho intramolecular Hbond substituents is 2. The number of aliphatic hydroxyl groups excluding tert-OH is 2. The number of fused-ring (bicyclic) bond motifs is 8. The van der Waals surface area contributed by atoms with E-state index in [9.17, 15) is 35.1 Å². The molecule has 12 nitrogen and oxygen atoms in total. The van der Waals surface area contributed by atoms with Crippen molar-refractivity contribution in [2.75, 3.05) is 34.4 Å². The molecule has 1 saturated heterocycles. The molecular formula is C30H36N2O10. The van der Waals surface area contributed by atoms with Gasteiger partial charge in [0.1, 0.15) is 35.1 Å². The maximum absolute atomic E-state index is 14.2. The zero-order valence-electron chi connectivity index (χ0n) is 24.1. The van der Waals surface area contributed by atoms with E-state index in [2.05, 4.69) is 5.32 Å². The Bertz CT molecular complexity index is 1500. The number of hydrogen-bond donors (Lipinski definition) is 6. The predicted octanol–water partition coefficient (Wildman–Crippen LogP) is 0.463. The molecule has 2 aliphatic heterocycles. The Labute approximate surface area is 242 Å². The molecule has 1 fully saturated rings. The number of likely N-dealkylation sites (N-methyl/N-ethyl adjacent to an activating group) is 1. The molecule has 7 unspecified atom stereocenters. The normalized spacial score (nSPS) is 33.0. The number of carbonyl (C=O) groups excluding carboxylic acids is 2. The lowest BCUT2D eigenvalue weighted by Crippen LogP contribution is -2.68. The van der Waals surface area contributed by atoms with Crippen LogP contribution in [0.5, 0.6) is 17.2 Å². The van der Waals surface area contributed by atoms with Crippen LogP contribution in [0.3, 0.4) is 0 Å². The van der Waals surface area contributed by atoms with Crippen molar-refractivity contribution in [1.82, 2.24) is 10.2 Å². The number of ether oxygens (including phenoxy) is 3. The second-order valence-corrected chi connectivity index (χ2v) is 12.4. The summed E-state index contributed by atoms with van der Waals surface area (Å²) in [5.74, 6) is -2.46. The number of hydrogen-bond acceptors (Lipinski definition) is 12. The molecule has 0 spiro atoms. The molecule has 2 aromatic rings. The lowest BCUT2D eigenvalue weighted by Gasteiger charge is -2.53. The van der Waals surface area contributed by atoms with Gasteiger partial charge in [0.05, 0.1) is 34.9 Å². The number of aliphatic hydroxyl groups is 3. The molecule has 12 heteroatoms. The van der Waals surface area contributed by atoms with E-state index < -0.39 is 59.1 Å². The number of benzene rings is 2. The smallest absolute Gasteiger partial charge is 0.228 e. The number of rotatable bonds is 5. The summed E-state index contributed by atoms with van der Waals surface area (Å²) < 4.78 is 17.1. The van der Waals surface area contributed by atoms with Gasteiger partial charge in [-0.3, -0.25) is 9.59 Å². The average Bonchev–Trinajstić information content (AvgIpc) is 2.89. The van der Waals surface area contributed by atoms with Crippen LogP contribution >= 0.6 is 0 Å². The predicted molar refractivity (Wildman–Crippen MR) is 147 cm³/mol. The Kier molecular flexibility index (Phi) is 6.70. The topological polar surface area (TPSA) is 178 Å². The number of phenols is 2. The molecule has 0 amide bonds. The van der Waals surface area contributed by atoms with Crippen molar-refractivity contribution >= 4 is 11.6 Å².